The van der Waals surface area contributed by atoms with Gasteiger partial charge in [-0.3, -0.25) is 0 Å². The summed E-state index contributed by atoms with van der Waals surface area (Å²) >= 11 is 1.41. The maximum Gasteiger partial charge on any atom is 0.159 e. The molecular formula is C14H13F2NOS. The summed E-state index contributed by atoms with van der Waals surface area (Å²) < 4.78 is 31.2. The van der Waals surface area contributed by atoms with Crippen LogP contribution in [0.4, 0.5) is 14.5 Å². The maximum atomic E-state index is 13.0. The Balaban J connectivity index is 1.77. The fourth-order valence-electron chi connectivity index (χ4n) is 1.45. The van der Waals surface area contributed by atoms with Gasteiger partial charge in [0.25, 0.3) is 0 Å². The second kappa shape index (κ2) is 6.43. The molecule has 0 spiro atoms. The maximum absolute atomic E-state index is 13.0. The van der Waals surface area contributed by atoms with Gasteiger partial charge in [-0.05, 0) is 42.5 Å². The Morgan fingerprint density at radius 3 is 2.42 bits per heavy atom. The van der Waals surface area contributed by atoms with Crippen LogP contribution in [-0.4, -0.2) is 12.4 Å². The van der Waals surface area contributed by atoms with E-state index in [1.54, 1.807) is 30.3 Å². The summed E-state index contributed by atoms with van der Waals surface area (Å²) in [6.07, 6.45) is 0. The van der Waals surface area contributed by atoms with E-state index >= 15 is 0 Å². The number of hydrogen-bond acceptors (Lipinski definition) is 3. The fourth-order valence-corrected chi connectivity index (χ4v) is 2.20. The van der Waals surface area contributed by atoms with E-state index in [4.69, 9.17) is 10.5 Å². The summed E-state index contributed by atoms with van der Waals surface area (Å²) in [5.41, 5.74) is 6.24. The highest BCUT2D eigenvalue weighted by Gasteiger charge is 2.03. The van der Waals surface area contributed by atoms with Gasteiger partial charge in [0.05, 0.1) is 6.61 Å². The van der Waals surface area contributed by atoms with Crippen LogP contribution in [0, 0.1) is 11.6 Å². The lowest BCUT2D eigenvalue weighted by atomic mass is 10.3. The van der Waals surface area contributed by atoms with Crippen LogP contribution in [0.25, 0.3) is 0 Å². The zero-order chi connectivity index (χ0) is 13.7. The van der Waals surface area contributed by atoms with Crippen molar-refractivity contribution in [3.63, 3.8) is 0 Å². The number of ether oxygens (including phenoxy) is 1. The van der Waals surface area contributed by atoms with Crippen LogP contribution >= 0.6 is 11.8 Å². The molecule has 0 saturated carbocycles. The Kier molecular flexibility index (Phi) is 4.63. The van der Waals surface area contributed by atoms with Crippen LogP contribution in [0.15, 0.2) is 47.4 Å². The largest absolute Gasteiger partial charge is 0.493 e. The summed E-state index contributed by atoms with van der Waals surface area (Å²) in [6.45, 7) is 0.480. The molecule has 0 aromatic heterocycles. The van der Waals surface area contributed by atoms with Crippen molar-refractivity contribution in [2.24, 2.45) is 0 Å². The summed E-state index contributed by atoms with van der Waals surface area (Å²) in [4.78, 5) is 0.680. The van der Waals surface area contributed by atoms with Gasteiger partial charge in [0.15, 0.2) is 11.6 Å². The van der Waals surface area contributed by atoms with Crippen molar-refractivity contribution in [3.8, 4) is 5.75 Å². The van der Waals surface area contributed by atoms with Gasteiger partial charge in [-0.2, -0.15) is 0 Å². The first-order chi connectivity index (χ1) is 9.15. The molecule has 100 valence electrons. The lowest BCUT2D eigenvalue weighted by Gasteiger charge is -2.06. The summed E-state index contributed by atoms with van der Waals surface area (Å²) in [6, 6.07) is 11.0. The standard InChI is InChI=1S/C14H13F2NOS/c15-13-6-5-12(9-14(13)16)19-8-7-18-11-3-1-10(17)2-4-11/h1-6,9H,7-8,17H2. The van der Waals surface area contributed by atoms with Crippen molar-refractivity contribution >= 4 is 17.4 Å². The van der Waals surface area contributed by atoms with Crippen molar-refractivity contribution in [1.82, 2.24) is 0 Å². The molecule has 0 atom stereocenters. The molecule has 0 fully saturated rings. The second-order valence-corrected chi connectivity index (χ2v) is 5.01. The van der Waals surface area contributed by atoms with Gasteiger partial charge < -0.3 is 10.5 Å². The minimum atomic E-state index is -0.831. The average molecular weight is 281 g/mol. The lowest BCUT2D eigenvalue weighted by Crippen LogP contribution is -2.00. The number of anilines is 1. The number of thioether (sulfide) groups is 1. The van der Waals surface area contributed by atoms with E-state index < -0.39 is 11.6 Å². The third kappa shape index (κ3) is 4.13. The number of nitrogens with two attached hydrogens (primary N) is 1. The van der Waals surface area contributed by atoms with Crippen LogP contribution in [0.5, 0.6) is 5.75 Å². The van der Waals surface area contributed by atoms with Crippen LogP contribution < -0.4 is 10.5 Å². The highest BCUT2D eigenvalue weighted by molar-refractivity contribution is 7.99. The number of rotatable bonds is 5. The Morgan fingerprint density at radius 1 is 1.00 bits per heavy atom. The first kappa shape index (κ1) is 13.7. The highest BCUT2D eigenvalue weighted by Crippen LogP contribution is 2.20. The van der Waals surface area contributed by atoms with Crippen LogP contribution in [0.1, 0.15) is 0 Å². The minimum absolute atomic E-state index is 0.480. The molecule has 0 aliphatic heterocycles. The van der Waals surface area contributed by atoms with Crippen LogP contribution in [0.2, 0.25) is 0 Å². The van der Waals surface area contributed by atoms with E-state index in [-0.39, 0.29) is 0 Å². The van der Waals surface area contributed by atoms with Crippen LogP contribution in [0.3, 0.4) is 0 Å². The van der Waals surface area contributed by atoms with Crippen molar-refractivity contribution in [2.75, 3.05) is 18.1 Å². The van der Waals surface area contributed by atoms with Crippen molar-refractivity contribution in [2.45, 2.75) is 4.90 Å². The predicted octanol–water partition coefficient (Wildman–Crippen LogP) is 3.72. The molecule has 2 aromatic rings. The minimum Gasteiger partial charge on any atom is -0.493 e. The molecule has 0 aliphatic carbocycles. The Hall–Kier alpha value is -1.75. The molecule has 5 heteroatoms. The first-order valence-electron chi connectivity index (χ1n) is 5.71. The van der Waals surface area contributed by atoms with E-state index in [1.165, 1.54) is 17.8 Å². The number of benzene rings is 2. The molecule has 0 heterocycles. The first-order valence-corrected chi connectivity index (χ1v) is 6.70. The topological polar surface area (TPSA) is 35.2 Å². The summed E-state index contributed by atoms with van der Waals surface area (Å²) in [5, 5.41) is 0. The molecular weight excluding hydrogens is 268 g/mol. The van der Waals surface area contributed by atoms with Gasteiger partial charge in [-0.25, -0.2) is 8.78 Å². The smallest absolute Gasteiger partial charge is 0.159 e. The molecule has 19 heavy (non-hydrogen) atoms. The molecule has 0 saturated heterocycles. The van der Waals surface area contributed by atoms with E-state index in [2.05, 4.69) is 0 Å². The monoisotopic (exact) mass is 281 g/mol. The fraction of sp³-hybridized carbons (Fsp3) is 0.143. The number of halogens is 2. The molecule has 0 amide bonds. The van der Waals surface area contributed by atoms with E-state index in [0.717, 1.165) is 11.8 Å². The molecule has 2 N–H and O–H groups in total. The SMILES string of the molecule is Nc1ccc(OCCSc2ccc(F)c(F)c2)cc1. The molecule has 0 aliphatic rings. The van der Waals surface area contributed by atoms with E-state index in [0.29, 0.717) is 22.9 Å². The number of nitrogen functional groups attached to an aromatic ring is 1. The van der Waals surface area contributed by atoms with Crippen molar-refractivity contribution in [3.05, 3.63) is 54.1 Å². The zero-order valence-electron chi connectivity index (χ0n) is 10.1. The zero-order valence-corrected chi connectivity index (χ0v) is 10.9. The predicted molar refractivity (Wildman–Crippen MR) is 73.4 cm³/mol. The number of hydrogen-bond donors (Lipinski definition) is 1. The normalized spacial score (nSPS) is 10.4. The Bertz CT molecular complexity index is 546. The van der Waals surface area contributed by atoms with Gasteiger partial charge in [0, 0.05) is 16.3 Å². The Morgan fingerprint density at radius 2 is 1.74 bits per heavy atom. The molecule has 2 aromatic carbocycles. The molecule has 2 rings (SSSR count). The Labute approximate surface area is 114 Å². The van der Waals surface area contributed by atoms with Gasteiger partial charge in [0.1, 0.15) is 5.75 Å². The van der Waals surface area contributed by atoms with Gasteiger partial charge in [-0.1, -0.05) is 0 Å². The average Bonchev–Trinajstić information content (AvgIpc) is 2.41. The van der Waals surface area contributed by atoms with Crippen LogP contribution in [-0.2, 0) is 0 Å². The second-order valence-electron chi connectivity index (χ2n) is 3.84. The molecule has 2 nitrogen and oxygen atoms in total. The molecule has 0 unspecified atom stereocenters. The van der Waals surface area contributed by atoms with Gasteiger partial charge in [-0.15, -0.1) is 11.8 Å². The van der Waals surface area contributed by atoms with Crippen molar-refractivity contribution in [1.29, 1.82) is 0 Å². The highest BCUT2D eigenvalue weighted by atomic mass is 32.2. The van der Waals surface area contributed by atoms with Gasteiger partial charge >= 0.3 is 0 Å². The molecule has 0 bridgehead atoms. The van der Waals surface area contributed by atoms with E-state index in [9.17, 15) is 8.78 Å². The van der Waals surface area contributed by atoms with E-state index in [1.807, 2.05) is 0 Å². The molecule has 0 radical (unpaired) electrons. The summed E-state index contributed by atoms with van der Waals surface area (Å²) in [5.74, 6) is -0.276. The quantitative estimate of drug-likeness (QED) is 0.515. The third-order valence-electron chi connectivity index (χ3n) is 2.39. The third-order valence-corrected chi connectivity index (χ3v) is 3.35. The lowest BCUT2D eigenvalue weighted by molar-refractivity contribution is 0.344. The summed E-state index contributed by atoms with van der Waals surface area (Å²) in [7, 11) is 0. The van der Waals surface area contributed by atoms with Crippen molar-refractivity contribution < 1.29 is 13.5 Å². The van der Waals surface area contributed by atoms with Gasteiger partial charge in [0.2, 0.25) is 0 Å².